The molecule has 2 amide bonds. The van der Waals surface area contributed by atoms with E-state index in [1.807, 2.05) is 0 Å². The van der Waals surface area contributed by atoms with Crippen molar-refractivity contribution in [2.45, 2.75) is 37.6 Å². The van der Waals surface area contributed by atoms with Crippen LogP contribution in [0.15, 0.2) is 0 Å². The maximum atomic E-state index is 12.0. The molecule has 2 aliphatic rings. The maximum Gasteiger partial charge on any atom is 0.225 e. The predicted octanol–water partition coefficient (Wildman–Crippen LogP) is -0.490. The lowest BCUT2D eigenvalue weighted by Gasteiger charge is -2.29. The highest BCUT2D eigenvalue weighted by molar-refractivity contribution is 5.89. The second-order valence-corrected chi connectivity index (χ2v) is 4.89. The van der Waals surface area contributed by atoms with E-state index in [1.165, 1.54) is 0 Å². The van der Waals surface area contributed by atoms with Crippen molar-refractivity contribution >= 4 is 11.8 Å². The zero-order valence-corrected chi connectivity index (χ0v) is 9.42. The highest BCUT2D eigenvalue weighted by Gasteiger charge is 2.37. The molecule has 0 radical (unpaired) electrons. The number of hydrogen-bond donors (Lipinski definition) is 3. The van der Waals surface area contributed by atoms with Crippen LogP contribution < -0.4 is 16.4 Å². The van der Waals surface area contributed by atoms with Crippen LogP contribution in [-0.2, 0) is 9.59 Å². The van der Waals surface area contributed by atoms with Gasteiger partial charge in [0.25, 0.3) is 0 Å². The zero-order valence-electron chi connectivity index (χ0n) is 9.42. The molecule has 1 atom stereocenters. The Morgan fingerprint density at radius 2 is 2.19 bits per heavy atom. The van der Waals surface area contributed by atoms with Crippen LogP contribution in [0, 0.1) is 5.92 Å². The summed E-state index contributed by atoms with van der Waals surface area (Å²) < 4.78 is 0. The topological polar surface area (TPSA) is 84.2 Å². The highest BCUT2D eigenvalue weighted by atomic mass is 16.2. The lowest BCUT2D eigenvalue weighted by Crippen LogP contribution is -2.53. The van der Waals surface area contributed by atoms with E-state index in [0.717, 1.165) is 25.7 Å². The number of carbonyl (C=O) groups excluding carboxylic acids is 2. The first kappa shape index (κ1) is 11.4. The van der Waals surface area contributed by atoms with E-state index in [-0.39, 0.29) is 23.3 Å². The van der Waals surface area contributed by atoms with E-state index in [0.29, 0.717) is 19.5 Å². The second kappa shape index (κ2) is 4.41. The average Bonchev–Trinajstić information content (AvgIpc) is 2.88. The molecule has 16 heavy (non-hydrogen) atoms. The Morgan fingerprint density at radius 3 is 2.69 bits per heavy atom. The summed E-state index contributed by atoms with van der Waals surface area (Å²) in [5, 5.41) is 5.72. The highest BCUT2D eigenvalue weighted by Crippen LogP contribution is 2.29. The molecule has 0 aromatic rings. The van der Waals surface area contributed by atoms with Gasteiger partial charge in [0.1, 0.15) is 0 Å². The van der Waals surface area contributed by atoms with Crippen LogP contribution in [0.2, 0.25) is 0 Å². The number of nitrogens with one attached hydrogen (secondary N) is 2. The average molecular weight is 225 g/mol. The van der Waals surface area contributed by atoms with Gasteiger partial charge in [-0.2, -0.15) is 0 Å². The molecular formula is C11H19N3O2. The lowest BCUT2D eigenvalue weighted by atomic mass is 9.96. The van der Waals surface area contributed by atoms with E-state index in [1.54, 1.807) is 0 Å². The number of rotatable bonds is 3. The summed E-state index contributed by atoms with van der Waals surface area (Å²) in [5.74, 6) is -0.268. The SMILES string of the molecule is NCC1(NC(=O)C2CNC(=O)C2)CCCC1. The van der Waals surface area contributed by atoms with Gasteiger partial charge < -0.3 is 16.4 Å². The van der Waals surface area contributed by atoms with Crippen LogP contribution in [0.4, 0.5) is 0 Å². The van der Waals surface area contributed by atoms with E-state index in [4.69, 9.17) is 5.73 Å². The van der Waals surface area contributed by atoms with Gasteiger partial charge >= 0.3 is 0 Å². The largest absolute Gasteiger partial charge is 0.355 e. The first-order valence-corrected chi connectivity index (χ1v) is 5.94. The fourth-order valence-corrected chi connectivity index (χ4v) is 2.59. The lowest BCUT2D eigenvalue weighted by molar-refractivity contribution is -0.128. The molecule has 90 valence electrons. The second-order valence-electron chi connectivity index (χ2n) is 4.89. The molecule has 0 aromatic heterocycles. The predicted molar refractivity (Wildman–Crippen MR) is 59.5 cm³/mol. The van der Waals surface area contributed by atoms with Gasteiger partial charge in [-0.15, -0.1) is 0 Å². The van der Waals surface area contributed by atoms with Crippen molar-refractivity contribution in [1.29, 1.82) is 0 Å². The number of hydrogen-bond acceptors (Lipinski definition) is 3. The van der Waals surface area contributed by atoms with Crippen molar-refractivity contribution in [3.8, 4) is 0 Å². The molecule has 1 saturated carbocycles. The molecule has 1 unspecified atom stereocenters. The maximum absolute atomic E-state index is 12.0. The van der Waals surface area contributed by atoms with Gasteiger partial charge in [0.15, 0.2) is 0 Å². The summed E-state index contributed by atoms with van der Waals surface area (Å²) in [5.41, 5.74) is 5.54. The molecular weight excluding hydrogens is 206 g/mol. The third-order valence-electron chi connectivity index (χ3n) is 3.69. The summed E-state index contributed by atoms with van der Waals surface area (Å²) in [6.45, 7) is 0.957. The minimum absolute atomic E-state index is 0.0225. The van der Waals surface area contributed by atoms with Crippen molar-refractivity contribution in [2.24, 2.45) is 11.7 Å². The molecule has 4 N–H and O–H groups in total. The number of amides is 2. The first-order valence-electron chi connectivity index (χ1n) is 5.94. The molecule has 0 spiro atoms. The Kier molecular flexibility index (Phi) is 3.14. The van der Waals surface area contributed by atoms with E-state index >= 15 is 0 Å². The minimum atomic E-state index is -0.212. The molecule has 2 rings (SSSR count). The Labute approximate surface area is 95.1 Å². The molecule has 5 heteroatoms. The third-order valence-corrected chi connectivity index (χ3v) is 3.69. The van der Waals surface area contributed by atoms with Crippen LogP contribution in [0.1, 0.15) is 32.1 Å². The standard InChI is InChI=1S/C11H19N3O2/c12-7-11(3-1-2-4-11)14-10(16)8-5-9(15)13-6-8/h8H,1-7,12H2,(H,13,15)(H,14,16). The minimum Gasteiger partial charge on any atom is -0.355 e. The van der Waals surface area contributed by atoms with Gasteiger partial charge in [-0.05, 0) is 12.8 Å². The third kappa shape index (κ3) is 2.19. The van der Waals surface area contributed by atoms with E-state index in [9.17, 15) is 9.59 Å². The van der Waals surface area contributed by atoms with Gasteiger partial charge in [0.05, 0.1) is 11.5 Å². The van der Waals surface area contributed by atoms with Crippen LogP contribution >= 0.6 is 0 Å². The van der Waals surface area contributed by atoms with Crippen LogP contribution in [0.25, 0.3) is 0 Å². The number of carbonyl (C=O) groups is 2. The quantitative estimate of drug-likeness (QED) is 0.606. The fourth-order valence-electron chi connectivity index (χ4n) is 2.59. The normalized spacial score (nSPS) is 27.8. The number of nitrogens with two attached hydrogens (primary N) is 1. The molecule has 0 aromatic carbocycles. The van der Waals surface area contributed by atoms with Gasteiger partial charge in [0, 0.05) is 19.5 Å². The molecule has 1 aliphatic heterocycles. The van der Waals surface area contributed by atoms with Crippen molar-refractivity contribution in [2.75, 3.05) is 13.1 Å². The molecule has 2 fully saturated rings. The molecule has 5 nitrogen and oxygen atoms in total. The van der Waals surface area contributed by atoms with Crippen molar-refractivity contribution in [3.63, 3.8) is 0 Å². The Morgan fingerprint density at radius 1 is 1.50 bits per heavy atom. The summed E-state index contributed by atoms with van der Waals surface area (Å²) in [4.78, 5) is 23.0. The summed E-state index contributed by atoms with van der Waals surface area (Å²) in [7, 11) is 0. The van der Waals surface area contributed by atoms with Gasteiger partial charge in [-0.3, -0.25) is 9.59 Å². The molecule has 1 aliphatic carbocycles. The van der Waals surface area contributed by atoms with Crippen molar-refractivity contribution < 1.29 is 9.59 Å². The van der Waals surface area contributed by atoms with E-state index in [2.05, 4.69) is 10.6 Å². The molecule has 0 bridgehead atoms. The Bertz CT molecular complexity index is 298. The molecule has 1 heterocycles. The van der Waals surface area contributed by atoms with Gasteiger partial charge in [0.2, 0.25) is 11.8 Å². The van der Waals surface area contributed by atoms with Crippen molar-refractivity contribution in [3.05, 3.63) is 0 Å². The summed E-state index contributed by atoms with van der Waals surface area (Å²) >= 11 is 0. The smallest absolute Gasteiger partial charge is 0.225 e. The Balaban J connectivity index is 1.93. The van der Waals surface area contributed by atoms with E-state index < -0.39 is 0 Å². The van der Waals surface area contributed by atoms with Crippen LogP contribution in [-0.4, -0.2) is 30.4 Å². The van der Waals surface area contributed by atoms with Crippen LogP contribution in [0.5, 0.6) is 0 Å². The summed E-state index contributed by atoms with van der Waals surface area (Å²) in [6.07, 6.45) is 4.48. The van der Waals surface area contributed by atoms with Gasteiger partial charge in [-0.25, -0.2) is 0 Å². The van der Waals surface area contributed by atoms with Crippen molar-refractivity contribution in [1.82, 2.24) is 10.6 Å². The Hall–Kier alpha value is -1.10. The first-order chi connectivity index (χ1) is 7.65. The summed E-state index contributed by atoms with van der Waals surface area (Å²) in [6, 6.07) is 0. The fraction of sp³-hybridized carbons (Fsp3) is 0.818. The van der Waals surface area contributed by atoms with Gasteiger partial charge in [-0.1, -0.05) is 12.8 Å². The molecule has 1 saturated heterocycles. The zero-order chi connectivity index (χ0) is 11.6. The van der Waals surface area contributed by atoms with Crippen LogP contribution in [0.3, 0.4) is 0 Å². The monoisotopic (exact) mass is 225 g/mol.